The van der Waals surface area contributed by atoms with Crippen molar-refractivity contribution in [3.63, 3.8) is 0 Å². The van der Waals surface area contributed by atoms with Crippen molar-refractivity contribution in [2.75, 3.05) is 24.5 Å². The molecule has 204 valence electrons. The number of likely N-dealkylation sites (tertiary alicyclic amines) is 1. The molecule has 1 saturated heterocycles. The Kier molecular flexibility index (Phi) is 8.26. The van der Waals surface area contributed by atoms with Crippen LogP contribution in [0.2, 0.25) is 0 Å². The first-order chi connectivity index (χ1) is 17.9. The maximum absolute atomic E-state index is 14.2. The first kappa shape index (κ1) is 28.2. The van der Waals surface area contributed by atoms with Crippen molar-refractivity contribution >= 4 is 35.2 Å². The number of amides is 2. The largest absolute Gasteiger partial charge is 0.481 e. The van der Waals surface area contributed by atoms with Crippen molar-refractivity contribution in [2.24, 2.45) is 11.3 Å². The molecular weight excluding hydrogens is 496 g/mol. The lowest BCUT2D eigenvalue weighted by Gasteiger charge is -2.33. The van der Waals surface area contributed by atoms with Crippen LogP contribution in [0.5, 0.6) is 0 Å². The average molecular weight is 537 g/mol. The summed E-state index contributed by atoms with van der Waals surface area (Å²) < 4.78 is 0. The Bertz CT molecular complexity index is 1230. The van der Waals surface area contributed by atoms with E-state index in [1.54, 1.807) is 16.7 Å². The Morgan fingerprint density at radius 1 is 1.03 bits per heavy atom. The van der Waals surface area contributed by atoms with Crippen LogP contribution in [0.25, 0.3) is 0 Å². The van der Waals surface area contributed by atoms with Crippen molar-refractivity contribution in [1.29, 1.82) is 0 Å². The third kappa shape index (κ3) is 6.09. The maximum atomic E-state index is 14.2. The predicted molar refractivity (Wildman–Crippen MR) is 154 cm³/mol. The smallest absolute Gasteiger partial charge is 0.306 e. The second-order valence-electron chi connectivity index (χ2n) is 12.0. The second-order valence-corrected chi connectivity index (χ2v) is 13.4. The highest BCUT2D eigenvalue weighted by molar-refractivity contribution is 8.01. The van der Waals surface area contributed by atoms with E-state index in [9.17, 15) is 19.5 Å². The number of rotatable bonds is 5. The molecule has 0 spiro atoms. The van der Waals surface area contributed by atoms with Crippen LogP contribution in [0.4, 0.5) is 5.69 Å². The molecule has 1 N–H and O–H groups in total. The van der Waals surface area contributed by atoms with Gasteiger partial charge in [0, 0.05) is 31.7 Å². The zero-order chi connectivity index (χ0) is 27.8. The number of aliphatic carboxylic acids is 1. The number of fused-ring (bicyclic) bond motifs is 1. The molecule has 2 aliphatic rings. The molecule has 0 aromatic heterocycles. The molecule has 0 aliphatic carbocycles. The lowest BCUT2D eigenvalue weighted by molar-refractivity contribution is -0.145. The number of aryl methyl sites for hydroxylation is 2. The number of hydrogen-bond acceptors (Lipinski definition) is 4. The molecule has 2 aliphatic heterocycles. The molecule has 1 fully saturated rings. The van der Waals surface area contributed by atoms with Gasteiger partial charge in [-0.15, -0.1) is 11.8 Å². The van der Waals surface area contributed by atoms with E-state index in [4.69, 9.17) is 0 Å². The number of piperidine rings is 1. The van der Waals surface area contributed by atoms with Gasteiger partial charge >= 0.3 is 5.97 Å². The van der Waals surface area contributed by atoms with Crippen LogP contribution in [-0.4, -0.2) is 52.7 Å². The molecule has 4 rings (SSSR count). The topological polar surface area (TPSA) is 77.9 Å². The van der Waals surface area contributed by atoms with Gasteiger partial charge in [0.1, 0.15) is 0 Å². The molecule has 7 heteroatoms. The van der Waals surface area contributed by atoms with E-state index >= 15 is 0 Å². The normalized spacial score (nSPS) is 20.7. The van der Waals surface area contributed by atoms with Crippen LogP contribution in [0.3, 0.4) is 0 Å². The highest BCUT2D eigenvalue weighted by Crippen LogP contribution is 2.48. The van der Waals surface area contributed by atoms with Crippen LogP contribution in [0.1, 0.15) is 73.1 Å². The quantitative estimate of drug-likeness (QED) is 0.514. The monoisotopic (exact) mass is 536 g/mol. The van der Waals surface area contributed by atoms with E-state index < -0.39 is 17.1 Å². The first-order valence-electron chi connectivity index (χ1n) is 13.5. The Balaban J connectivity index is 1.73. The van der Waals surface area contributed by atoms with Crippen LogP contribution in [0, 0.1) is 32.1 Å². The van der Waals surface area contributed by atoms with Gasteiger partial charge in [-0.2, -0.15) is 0 Å². The van der Waals surface area contributed by atoms with E-state index in [2.05, 4.69) is 77.9 Å². The highest BCUT2D eigenvalue weighted by Gasteiger charge is 2.40. The van der Waals surface area contributed by atoms with E-state index in [0.717, 1.165) is 16.8 Å². The maximum Gasteiger partial charge on any atom is 0.306 e. The molecule has 0 saturated carbocycles. The van der Waals surface area contributed by atoms with Crippen LogP contribution < -0.4 is 4.90 Å². The Morgan fingerprint density at radius 3 is 2.34 bits per heavy atom. The molecule has 0 unspecified atom stereocenters. The minimum atomic E-state index is -0.797. The Hall–Kier alpha value is -2.80. The fourth-order valence-electron chi connectivity index (χ4n) is 5.45. The van der Waals surface area contributed by atoms with E-state index in [1.807, 2.05) is 4.90 Å². The molecular formula is C31H40N2O4S. The lowest BCUT2D eigenvalue weighted by atomic mass is 9.92. The fourth-order valence-corrected chi connectivity index (χ4v) is 7.00. The number of benzene rings is 2. The molecule has 2 aromatic carbocycles. The first-order valence-corrected chi connectivity index (χ1v) is 14.4. The number of carboxylic acid groups (broad SMARTS) is 1. The summed E-state index contributed by atoms with van der Waals surface area (Å²) in [5, 5.41) is 8.71. The number of hydrogen-bond donors (Lipinski definition) is 1. The van der Waals surface area contributed by atoms with Gasteiger partial charge in [0.2, 0.25) is 11.8 Å². The average Bonchev–Trinajstić information content (AvgIpc) is 2.95. The molecule has 2 amide bonds. The minimum Gasteiger partial charge on any atom is -0.481 e. The van der Waals surface area contributed by atoms with E-state index in [-0.39, 0.29) is 28.9 Å². The van der Waals surface area contributed by atoms with Gasteiger partial charge in [-0.1, -0.05) is 56.7 Å². The van der Waals surface area contributed by atoms with Gasteiger partial charge in [0.15, 0.2) is 0 Å². The molecule has 2 atom stereocenters. The Morgan fingerprint density at radius 2 is 1.71 bits per heavy atom. The Labute approximate surface area is 230 Å². The molecule has 6 nitrogen and oxygen atoms in total. The van der Waals surface area contributed by atoms with Gasteiger partial charge in [-0.05, 0) is 67.3 Å². The summed E-state index contributed by atoms with van der Waals surface area (Å²) in [6.45, 7) is 14.1. The van der Waals surface area contributed by atoms with Crippen molar-refractivity contribution in [2.45, 2.75) is 71.3 Å². The summed E-state index contributed by atoms with van der Waals surface area (Å²) >= 11 is 1.58. The van der Waals surface area contributed by atoms with Gasteiger partial charge < -0.3 is 14.9 Å². The van der Waals surface area contributed by atoms with Gasteiger partial charge in [0.05, 0.1) is 16.4 Å². The molecule has 0 bridgehead atoms. The summed E-state index contributed by atoms with van der Waals surface area (Å²) in [6, 6.07) is 12.6. The van der Waals surface area contributed by atoms with Crippen LogP contribution in [0.15, 0.2) is 36.4 Å². The van der Waals surface area contributed by atoms with E-state index in [0.29, 0.717) is 32.5 Å². The zero-order valence-electron chi connectivity index (χ0n) is 23.4. The third-order valence-corrected chi connectivity index (χ3v) is 9.19. The van der Waals surface area contributed by atoms with Crippen molar-refractivity contribution < 1.29 is 19.5 Å². The number of carbonyl (C=O) groups excluding carboxylic acids is 2. The number of nitrogens with zero attached hydrogens (tertiary/aromatic N) is 2. The van der Waals surface area contributed by atoms with E-state index in [1.165, 1.54) is 16.7 Å². The molecule has 2 heterocycles. The summed E-state index contributed by atoms with van der Waals surface area (Å²) in [5.74, 6) is -1.30. The minimum absolute atomic E-state index is 0.0309. The number of carboxylic acids is 1. The zero-order valence-corrected chi connectivity index (χ0v) is 24.2. The van der Waals surface area contributed by atoms with Gasteiger partial charge in [-0.25, -0.2) is 0 Å². The predicted octanol–water partition coefficient (Wildman–Crippen LogP) is 5.91. The number of anilines is 1. The number of carbonyl (C=O) groups is 3. The summed E-state index contributed by atoms with van der Waals surface area (Å²) in [6.07, 6.45) is 1.02. The molecule has 2 aromatic rings. The van der Waals surface area contributed by atoms with Crippen molar-refractivity contribution in [1.82, 2.24) is 4.90 Å². The molecule has 38 heavy (non-hydrogen) atoms. The highest BCUT2D eigenvalue weighted by atomic mass is 32.2. The SMILES string of the molecule is Cc1ccc2c(c1)[C@H](c1cccc(C)c1C)S[C@@H](CC(=O)N1CCC(C(=O)O)CC1)C(=O)N2CC(C)(C)C. The summed E-state index contributed by atoms with van der Waals surface area (Å²) in [5.41, 5.74) is 6.62. The third-order valence-electron chi connectivity index (χ3n) is 7.72. The lowest BCUT2D eigenvalue weighted by Crippen LogP contribution is -2.45. The van der Waals surface area contributed by atoms with Crippen molar-refractivity contribution in [3.05, 3.63) is 64.2 Å². The second kappa shape index (κ2) is 11.1. The van der Waals surface area contributed by atoms with Gasteiger partial charge in [0.25, 0.3) is 0 Å². The standard InChI is InChI=1S/C31H40N2O4S/c1-19-10-11-25-24(16-19)28(23-9-7-8-20(2)21(23)3)38-26(29(35)33(25)18-31(4,5)6)17-27(34)32-14-12-22(13-15-32)30(36)37/h7-11,16,22,26,28H,12-15,17-18H2,1-6H3,(H,36,37)/t26-,28-/m0/s1. The summed E-state index contributed by atoms with van der Waals surface area (Å²) in [7, 11) is 0. The molecule has 0 radical (unpaired) electrons. The fraction of sp³-hybridized carbons (Fsp3) is 0.516. The van der Waals surface area contributed by atoms with Crippen LogP contribution >= 0.6 is 11.8 Å². The summed E-state index contributed by atoms with van der Waals surface area (Å²) in [4.78, 5) is 42.7. The van der Waals surface area contributed by atoms with Crippen molar-refractivity contribution in [3.8, 4) is 0 Å². The van der Waals surface area contributed by atoms with Gasteiger partial charge in [-0.3, -0.25) is 14.4 Å². The number of thioether (sulfide) groups is 1. The van der Waals surface area contributed by atoms with Crippen LogP contribution in [-0.2, 0) is 14.4 Å².